The van der Waals surface area contributed by atoms with Crippen LogP contribution in [0.2, 0.25) is 0 Å². The van der Waals surface area contributed by atoms with Gasteiger partial charge in [-0.05, 0) is 32.5 Å². The normalized spacial score (nSPS) is 18.0. The molecule has 1 fully saturated rings. The van der Waals surface area contributed by atoms with Crippen molar-refractivity contribution in [1.29, 1.82) is 0 Å². The Morgan fingerprint density at radius 2 is 1.96 bits per heavy atom. The molecule has 0 N–H and O–H groups in total. The molecule has 1 amide bonds. The van der Waals surface area contributed by atoms with E-state index in [9.17, 15) is 13.6 Å². The zero-order chi connectivity index (χ0) is 17.4. The SMILES string of the molecule is Cc1nnc(CN(C)[C@@H]2CCN(c3c(F)cccc3F)C2=O)n1C. The standard InChI is InChI=1S/C16H19F2N5O/c1-10-19-20-14(22(10)3)9-21(2)13-7-8-23(16(13)24)15-11(17)5-4-6-12(15)18/h4-6,13H,7-9H2,1-3H3/t13-/m1/s1. The summed E-state index contributed by atoms with van der Waals surface area (Å²) in [4.78, 5) is 15.7. The molecule has 128 valence electrons. The minimum absolute atomic E-state index is 0.270. The van der Waals surface area contributed by atoms with Crippen LogP contribution in [-0.2, 0) is 18.4 Å². The number of amides is 1. The summed E-state index contributed by atoms with van der Waals surface area (Å²) in [6.07, 6.45) is 0.500. The Labute approximate surface area is 138 Å². The van der Waals surface area contributed by atoms with Gasteiger partial charge in [-0.3, -0.25) is 9.69 Å². The van der Waals surface area contributed by atoms with Crippen molar-refractivity contribution in [3.05, 3.63) is 41.5 Å². The van der Waals surface area contributed by atoms with Crippen LogP contribution < -0.4 is 4.90 Å². The monoisotopic (exact) mass is 335 g/mol. The largest absolute Gasteiger partial charge is 0.317 e. The van der Waals surface area contributed by atoms with E-state index in [0.717, 1.165) is 23.8 Å². The molecule has 0 aliphatic carbocycles. The van der Waals surface area contributed by atoms with Gasteiger partial charge in [-0.1, -0.05) is 6.07 Å². The third-order valence-corrected chi connectivity index (χ3v) is 4.49. The summed E-state index contributed by atoms with van der Waals surface area (Å²) in [5.41, 5.74) is -0.270. The molecule has 24 heavy (non-hydrogen) atoms. The number of rotatable bonds is 4. The Kier molecular flexibility index (Phi) is 4.31. The molecule has 1 saturated heterocycles. The molecular weight excluding hydrogens is 316 g/mol. The van der Waals surface area contributed by atoms with Gasteiger partial charge in [0.2, 0.25) is 5.91 Å². The predicted molar refractivity (Wildman–Crippen MR) is 84.3 cm³/mol. The van der Waals surface area contributed by atoms with Crippen LogP contribution in [-0.4, -0.2) is 45.2 Å². The predicted octanol–water partition coefficient (Wildman–Crippen LogP) is 1.64. The van der Waals surface area contributed by atoms with Gasteiger partial charge in [0.1, 0.15) is 29.0 Å². The molecule has 0 bridgehead atoms. The zero-order valence-electron chi connectivity index (χ0n) is 13.8. The smallest absolute Gasteiger partial charge is 0.244 e. The van der Waals surface area contributed by atoms with Gasteiger partial charge in [0.15, 0.2) is 0 Å². The Balaban J connectivity index is 1.77. The van der Waals surface area contributed by atoms with Crippen molar-refractivity contribution in [2.45, 2.75) is 25.9 Å². The second-order valence-corrected chi connectivity index (χ2v) is 6.00. The van der Waals surface area contributed by atoms with Crippen molar-refractivity contribution in [3.8, 4) is 0 Å². The summed E-state index contributed by atoms with van der Waals surface area (Å²) >= 11 is 0. The van der Waals surface area contributed by atoms with Crippen molar-refractivity contribution in [2.75, 3.05) is 18.5 Å². The van der Waals surface area contributed by atoms with Crippen LogP contribution in [0.1, 0.15) is 18.1 Å². The average Bonchev–Trinajstić information content (AvgIpc) is 3.05. The Bertz CT molecular complexity index is 756. The fraction of sp³-hybridized carbons (Fsp3) is 0.438. The molecule has 1 aliphatic heterocycles. The van der Waals surface area contributed by atoms with Crippen LogP contribution in [0.4, 0.5) is 14.5 Å². The van der Waals surface area contributed by atoms with E-state index in [-0.39, 0.29) is 18.1 Å². The Morgan fingerprint density at radius 1 is 1.29 bits per heavy atom. The number of carbonyl (C=O) groups excluding carboxylic acids is 1. The first-order valence-corrected chi connectivity index (χ1v) is 7.70. The number of hydrogen-bond donors (Lipinski definition) is 0. The van der Waals surface area contributed by atoms with Gasteiger partial charge in [-0.2, -0.15) is 0 Å². The van der Waals surface area contributed by atoms with Crippen molar-refractivity contribution in [3.63, 3.8) is 0 Å². The Morgan fingerprint density at radius 3 is 2.54 bits per heavy atom. The fourth-order valence-electron chi connectivity index (χ4n) is 2.96. The summed E-state index contributed by atoms with van der Waals surface area (Å²) < 4.78 is 29.7. The molecule has 2 aromatic rings. The van der Waals surface area contributed by atoms with Crippen LogP contribution in [0, 0.1) is 18.6 Å². The second kappa shape index (κ2) is 6.27. The van der Waals surface area contributed by atoms with E-state index in [4.69, 9.17) is 0 Å². The lowest BCUT2D eigenvalue weighted by Gasteiger charge is -2.23. The number of nitrogens with zero attached hydrogens (tertiary/aromatic N) is 5. The molecule has 1 aliphatic rings. The fourth-order valence-corrected chi connectivity index (χ4v) is 2.96. The quantitative estimate of drug-likeness (QED) is 0.852. The van der Waals surface area contributed by atoms with Crippen molar-refractivity contribution in [1.82, 2.24) is 19.7 Å². The first-order chi connectivity index (χ1) is 11.4. The average molecular weight is 335 g/mol. The summed E-state index contributed by atoms with van der Waals surface area (Å²) in [6.45, 7) is 2.56. The maximum Gasteiger partial charge on any atom is 0.244 e. The van der Waals surface area contributed by atoms with Gasteiger partial charge in [0.25, 0.3) is 0 Å². The van der Waals surface area contributed by atoms with Crippen LogP contribution in [0.15, 0.2) is 18.2 Å². The van der Waals surface area contributed by atoms with E-state index in [1.807, 2.05) is 23.4 Å². The number of benzene rings is 1. The highest BCUT2D eigenvalue weighted by atomic mass is 19.1. The van der Waals surface area contributed by atoms with Gasteiger partial charge in [0, 0.05) is 13.6 Å². The lowest BCUT2D eigenvalue weighted by atomic mass is 10.2. The van der Waals surface area contributed by atoms with Crippen LogP contribution in [0.5, 0.6) is 0 Å². The highest BCUT2D eigenvalue weighted by molar-refractivity contribution is 5.99. The van der Waals surface area contributed by atoms with Gasteiger partial charge in [-0.15, -0.1) is 10.2 Å². The first-order valence-electron chi connectivity index (χ1n) is 7.70. The molecule has 1 aromatic carbocycles. The Hall–Kier alpha value is -2.35. The molecule has 2 heterocycles. The number of halogens is 2. The van der Waals surface area contributed by atoms with Crippen molar-refractivity contribution >= 4 is 11.6 Å². The van der Waals surface area contributed by atoms with E-state index in [2.05, 4.69) is 10.2 Å². The molecule has 0 spiro atoms. The summed E-state index contributed by atoms with van der Waals surface area (Å²) in [7, 11) is 3.66. The number of aryl methyl sites for hydroxylation is 1. The number of anilines is 1. The van der Waals surface area contributed by atoms with Gasteiger partial charge >= 0.3 is 0 Å². The minimum Gasteiger partial charge on any atom is -0.317 e. The van der Waals surface area contributed by atoms with Gasteiger partial charge in [-0.25, -0.2) is 8.78 Å². The number of aromatic nitrogens is 3. The second-order valence-electron chi connectivity index (χ2n) is 6.00. The molecule has 0 radical (unpaired) electrons. The van der Waals surface area contributed by atoms with Crippen LogP contribution in [0.3, 0.4) is 0 Å². The van der Waals surface area contributed by atoms with Crippen LogP contribution in [0.25, 0.3) is 0 Å². The zero-order valence-corrected chi connectivity index (χ0v) is 13.8. The number of likely N-dealkylation sites (N-methyl/N-ethyl adjacent to an activating group) is 1. The number of hydrogen-bond acceptors (Lipinski definition) is 4. The molecule has 0 unspecified atom stereocenters. The highest BCUT2D eigenvalue weighted by Gasteiger charge is 2.37. The maximum absolute atomic E-state index is 13.9. The lowest BCUT2D eigenvalue weighted by Crippen LogP contribution is -2.40. The minimum atomic E-state index is -0.726. The van der Waals surface area contributed by atoms with Crippen molar-refractivity contribution < 1.29 is 13.6 Å². The molecule has 0 saturated carbocycles. The van der Waals surface area contributed by atoms with E-state index in [1.54, 1.807) is 7.05 Å². The molecule has 6 nitrogen and oxygen atoms in total. The molecule has 1 atom stereocenters. The van der Waals surface area contributed by atoms with E-state index < -0.39 is 17.7 Å². The summed E-state index contributed by atoms with van der Waals surface area (Å²) in [5.74, 6) is -0.240. The van der Waals surface area contributed by atoms with Crippen LogP contribution >= 0.6 is 0 Å². The van der Waals surface area contributed by atoms with E-state index in [0.29, 0.717) is 13.0 Å². The first kappa shape index (κ1) is 16.5. The summed E-state index contributed by atoms with van der Waals surface area (Å²) in [6, 6.07) is 3.16. The van der Waals surface area contributed by atoms with Gasteiger partial charge < -0.3 is 9.47 Å². The van der Waals surface area contributed by atoms with Crippen molar-refractivity contribution in [2.24, 2.45) is 7.05 Å². The summed E-state index contributed by atoms with van der Waals surface area (Å²) in [5, 5.41) is 8.08. The van der Waals surface area contributed by atoms with E-state index >= 15 is 0 Å². The maximum atomic E-state index is 13.9. The molecule has 3 rings (SSSR count). The third kappa shape index (κ3) is 2.77. The third-order valence-electron chi connectivity index (χ3n) is 4.49. The van der Waals surface area contributed by atoms with E-state index in [1.165, 1.54) is 11.0 Å². The highest BCUT2D eigenvalue weighted by Crippen LogP contribution is 2.29. The lowest BCUT2D eigenvalue weighted by molar-refractivity contribution is -0.121. The van der Waals surface area contributed by atoms with Gasteiger partial charge in [0.05, 0.1) is 12.6 Å². The number of para-hydroxylation sites is 1. The molecular formula is C16H19F2N5O. The molecule has 1 aromatic heterocycles. The molecule has 8 heteroatoms. The number of carbonyl (C=O) groups is 1. The topological polar surface area (TPSA) is 54.3 Å².